The summed E-state index contributed by atoms with van der Waals surface area (Å²) in [5, 5.41) is 3.63. The molecular formula is C17H34N2. The zero-order chi connectivity index (χ0) is 13.6. The molecule has 2 aliphatic rings. The molecule has 2 nitrogen and oxygen atoms in total. The second kappa shape index (κ2) is 7.64. The Balaban J connectivity index is 1.84. The first-order valence-corrected chi connectivity index (χ1v) is 8.71. The molecule has 2 aliphatic heterocycles. The maximum absolute atomic E-state index is 3.63. The van der Waals surface area contributed by atoms with E-state index in [0.29, 0.717) is 5.41 Å². The molecule has 2 rings (SSSR count). The van der Waals surface area contributed by atoms with Gasteiger partial charge in [-0.1, -0.05) is 26.7 Å². The van der Waals surface area contributed by atoms with Gasteiger partial charge in [-0.3, -0.25) is 0 Å². The Kier molecular flexibility index (Phi) is 6.15. The maximum Gasteiger partial charge on any atom is 0.00500 e. The van der Waals surface area contributed by atoms with Crippen LogP contribution in [0.15, 0.2) is 0 Å². The van der Waals surface area contributed by atoms with E-state index in [9.17, 15) is 0 Å². The minimum atomic E-state index is 0.572. The summed E-state index contributed by atoms with van der Waals surface area (Å²) in [6.07, 6.45) is 11.3. The number of rotatable bonds is 5. The van der Waals surface area contributed by atoms with E-state index in [1.807, 2.05) is 0 Å². The molecular weight excluding hydrogens is 232 g/mol. The van der Waals surface area contributed by atoms with Gasteiger partial charge in [0, 0.05) is 13.1 Å². The third-order valence-electron chi connectivity index (χ3n) is 5.51. The molecule has 0 radical (unpaired) electrons. The fourth-order valence-corrected chi connectivity index (χ4v) is 4.13. The molecule has 0 aromatic carbocycles. The summed E-state index contributed by atoms with van der Waals surface area (Å²) < 4.78 is 0. The van der Waals surface area contributed by atoms with Crippen molar-refractivity contribution in [1.82, 2.24) is 10.2 Å². The van der Waals surface area contributed by atoms with E-state index in [4.69, 9.17) is 0 Å². The van der Waals surface area contributed by atoms with E-state index < -0.39 is 0 Å². The van der Waals surface area contributed by atoms with Gasteiger partial charge in [0.15, 0.2) is 0 Å². The summed E-state index contributed by atoms with van der Waals surface area (Å²) in [6.45, 7) is 11.3. The Morgan fingerprint density at radius 3 is 2.74 bits per heavy atom. The van der Waals surface area contributed by atoms with Gasteiger partial charge in [-0.25, -0.2) is 0 Å². The zero-order valence-corrected chi connectivity index (χ0v) is 13.2. The zero-order valence-electron chi connectivity index (χ0n) is 13.2. The van der Waals surface area contributed by atoms with Crippen LogP contribution in [0, 0.1) is 11.3 Å². The highest BCUT2D eigenvalue weighted by molar-refractivity contribution is 4.88. The molecule has 2 atom stereocenters. The van der Waals surface area contributed by atoms with E-state index in [2.05, 4.69) is 24.1 Å². The smallest absolute Gasteiger partial charge is 0.00500 e. The first-order valence-electron chi connectivity index (χ1n) is 8.71. The van der Waals surface area contributed by atoms with Gasteiger partial charge in [-0.15, -0.1) is 0 Å². The normalized spacial score (nSPS) is 34.1. The lowest BCUT2D eigenvalue weighted by atomic mass is 9.78. The Labute approximate surface area is 120 Å². The lowest BCUT2D eigenvalue weighted by Gasteiger charge is -2.41. The van der Waals surface area contributed by atoms with Crippen molar-refractivity contribution in [3.05, 3.63) is 0 Å². The third kappa shape index (κ3) is 4.46. The average molecular weight is 266 g/mol. The highest BCUT2D eigenvalue weighted by Crippen LogP contribution is 2.32. The molecule has 0 amide bonds. The fourth-order valence-electron chi connectivity index (χ4n) is 4.13. The van der Waals surface area contributed by atoms with Crippen LogP contribution >= 0.6 is 0 Å². The molecule has 0 saturated carbocycles. The lowest BCUT2D eigenvalue weighted by Crippen LogP contribution is -2.47. The summed E-state index contributed by atoms with van der Waals surface area (Å²) >= 11 is 0. The molecule has 19 heavy (non-hydrogen) atoms. The van der Waals surface area contributed by atoms with Gasteiger partial charge < -0.3 is 10.2 Å². The second-order valence-electron chi connectivity index (χ2n) is 7.00. The Bertz CT molecular complexity index is 246. The van der Waals surface area contributed by atoms with E-state index in [0.717, 1.165) is 5.92 Å². The van der Waals surface area contributed by atoms with Crippen molar-refractivity contribution >= 4 is 0 Å². The summed E-state index contributed by atoms with van der Waals surface area (Å²) in [4.78, 5) is 2.78. The van der Waals surface area contributed by atoms with Crippen LogP contribution < -0.4 is 5.32 Å². The first-order chi connectivity index (χ1) is 9.28. The first kappa shape index (κ1) is 15.3. The number of piperidine rings is 1. The van der Waals surface area contributed by atoms with Crippen molar-refractivity contribution in [3.63, 3.8) is 0 Å². The highest BCUT2D eigenvalue weighted by atomic mass is 15.1. The predicted octanol–water partition coefficient (Wildman–Crippen LogP) is 3.67. The van der Waals surface area contributed by atoms with Gasteiger partial charge in [-0.05, 0) is 69.5 Å². The molecule has 2 heterocycles. The van der Waals surface area contributed by atoms with Crippen LogP contribution in [-0.2, 0) is 0 Å². The Hall–Kier alpha value is -0.0800. The minimum absolute atomic E-state index is 0.572. The van der Waals surface area contributed by atoms with Crippen LogP contribution in [0.4, 0.5) is 0 Å². The molecule has 2 fully saturated rings. The van der Waals surface area contributed by atoms with Crippen LogP contribution in [0.1, 0.15) is 65.2 Å². The van der Waals surface area contributed by atoms with Crippen LogP contribution in [0.3, 0.4) is 0 Å². The number of hydrogen-bond acceptors (Lipinski definition) is 2. The SMILES string of the molecule is CCCC1CCCN(CC2(CC)CCCNC2)CC1. The Morgan fingerprint density at radius 2 is 2.05 bits per heavy atom. The van der Waals surface area contributed by atoms with E-state index in [-0.39, 0.29) is 0 Å². The van der Waals surface area contributed by atoms with Crippen LogP contribution in [0.2, 0.25) is 0 Å². The summed E-state index contributed by atoms with van der Waals surface area (Å²) in [5.41, 5.74) is 0.572. The maximum atomic E-state index is 3.63. The van der Waals surface area contributed by atoms with Crippen molar-refractivity contribution in [2.45, 2.75) is 65.2 Å². The van der Waals surface area contributed by atoms with E-state index in [1.54, 1.807) is 0 Å². The molecule has 112 valence electrons. The summed E-state index contributed by atoms with van der Waals surface area (Å²) in [7, 11) is 0. The van der Waals surface area contributed by atoms with Crippen molar-refractivity contribution in [2.24, 2.45) is 11.3 Å². The van der Waals surface area contributed by atoms with Gasteiger partial charge >= 0.3 is 0 Å². The number of hydrogen-bond donors (Lipinski definition) is 1. The number of nitrogens with zero attached hydrogens (tertiary/aromatic N) is 1. The molecule has 0 aliphatic carbocycles. The standard InChI is InChI=1S/C17H34N2/c1-3-7-16-8-5-12-19(13-9-16)15-17(4-2)10-6-11-18-14-17/h16,18H,3-15H2,1-2H3. The predicted molar refractivity (Wildman–Crippen MR) is 83.5 cm³/mol. The summed E-state index contributed by atoms with van der Waals surface area (Å²) in [6, 6.07) is 0. The largest absolute Gasteiger partial charge is 0.316 e. The van der Waals surface area contributed by atoms with Gasteiger partial charge in [0.05, 0.1) is 0 Å². The topological polar surface area (TPSA) is 15.3 Å². The molecule has 0 aromatic rings. The van der Waals surface area contributed by atoms with E-state index >= 15 is 0 Å². The van der Waals surface area contributed by atoms with Crippen molar-refractivity contribution in [3.8, 4) is 0 Å². The molecule has 2 unspecified atom stereocenters. The quantitative estimate of drug-likeness (QED) is 0.817. The van der Waals surface area contributed by atoms with Crippen molar-refractivity contribution in [1.29, 1.82) is 0 Å². The fraction of sp³-hybridized carbons (Fsp3) is 1.00. The van der Waals surface area contributed by atoms with E-state index in [1.165, 1.54) is 84.1 Å². The number of likely N-dealkylation sites (tertiary alicyclic amines) is 1. The van der Waals surface area contributed by atoms with Gasteiger partial charge in [0.1, 0.15) is 0 Å². The average Bonchev–Trinajstić information content (AvgIpc) is 2.66. The lowest BCUT2D eigenvalue weighted by molar-refractivity contribution is 0.113. The number of nitrogens with one attached hydrogen (secondary N) is 1. The molecule has 1 N–H and O–H groups in total. The van der Waals surface area contributed by atoms with Crippen molar-refractivity contribution < 1.29 is 0 Å². The van der Waals surface area contributed by atoms with Gasteiger partial charge in [-0.2, -0.15) is 0 Å². The van der Waals surface area contributed by atoms with Crippen LogP contribution in [0.5, 0.6) is 0 Å². The molecule has 0 bridgehead atoms. The molecule has 0 spiro atoms. The highest BCUT2D eigenvalue weighted by Gasteiger charge is 2.32. The van der Waals surface area contributed by atoms with Crippen LogP contribution in [-0.4, -0.2) is 37.6 Å². The monoisotopic (exact) mass is 266 g/mol. The third-order valence-corrected chi connectivity index (χ3v) is 5.51. The Morgan fingerprint density at radius 1 is 1.16 bits per heavy atom. The minimum Gasteiger partial charge on any atom is -0.316 e. The molecule has 2 heteroatoms. The molecule has 2 saturated heterocycles. The second-order valence-corrected chi connectivity index (χ2v) is 7.00. The van der Waals surface area contributed by atoms with Gasteiger partial charge in [0.2, 0.25) is 0 Å². The van der Waals surface area contributed by atoms with Crippen LogP contribution in [0.25, 0.3) is 0 Å². The summed E-state index contributed by atoms with van der Waals surface area (Å²) in [5.74, 6) is 1.01. The van der Waals surface area contributed by atoms with Gasteiger partial charge in [0.25, 0.3) is 0 Å². The van der Waals surface area contributed by atoms with Crippen molar-refractivity contribution in [2.75, 3.05) is 32.7 Å². The molecule has 0 aromatic heterocycles.